The van der Waals surface area contributed by atoms with Crippen LogP contribution in [0.25, 0.3) is 0 Å². The number of para-hydroxylation sites is 1. The van der Waals surface area contributed by atoms with Gasteiger partial charge in [0.15, 0.2) is 0 Å². The molecule has 1 amide bonds. The Morgan fingerprint density at radius 3 is 2.75 bits per heavy atom. The second kappa shape index (κ2) is 6.10. The smallest absolute Gasteiger partial charge is 0.228 e. The van der Waals surface area contributed by atoms with Crippen LogP contribution in [0.3, 0.4) is 0 Å². The maximum atomic E-state index is 12.1. The lowest BCUT2D eigenvalue weighted by Gasteiger charge is -2.11. The Balaban J connectivity index is 2.11. The molecule has 0 aliphatic rings. The molecule has 0 saturated carbocycles. The van der Waals surface area contributed by atoms with Crippen LogP contribution in [0, 0.1) is 6.92 Å². The normalized spacial score (nSPS) is 10.1. The van der Waals surface area contributed by atoms with Gasteiger partial charge in [-0.25, -0.2) is 0 Å². The van der Waals surface area contributed by atoms with Crippen LogP contribution in [0.5, 0.6) is 5.75 Å². The number of amides is 1. The molecule has 4 nitrogen and oxygen atoms in total. The summed E-state index contributed by atoms with van der Waals surface area (Å²) in [5.41, 5.74) is 8.93. The SMILES string of the molecule is COc1ccccc1CC(=O)Nc1cc(N)ccc1C. The van der Waals surface area contributed by atoms with E-state index < -0.39 is 0 Å². The van der Waals surface area contributed by atoms with Gasteiger partial charge in [0.1, 0.15) is 5.75 Å². The number of aryl methyl sites for hydroxylation is 1. The van der Waals surface area contributed by atoms with E-state index in [1.54, 1.807) is 13.2 Å². The second-order valence-electron chi connectivity index (χ2n) is 4.61. The molecule has 104 valence electrons. The van der Waals surface area contributed by atoms with Crippen LogP contribution in [-0.4, -0.2) is 13.0 Å². The van der Waals surface area contributed by atoms with E-state index in [0.717, 1.165) is 16.8 Å². The molecule has 4 heteroatoms. The largest absolute Gasteiger partial charge is 0.496 e. The summed E-state index contributed by atoms with van der Waals surface area (Å²) >= 11 is 0. The zero-order valence-electron chi connectivity index (χ0n) is 11.6. The first-order chi connectivity index (χ1) is 9.60. The molecule has 0 spiro atoms. The lowest BCUT2D eigenvalue weighted by Crippen LogP contribution is -2.15. The molecule has 0 radical (unpaired) electrons. The molecule has 0 atom stereocenters. The van der Waals surface area contributed by atoms with Crippen molar-refractivity contribution >= 4 is 17.3 Å². The van der Waals surface area contributed by atoms with E-state index in [9.17, 15) is 4.79 Å². The van der Waals surface area contributed by atoms with Crippen LogP contribution in [0.15, 0.2) is 42.5 Å². The van der Waals surface area contributed by atoms with Gasteiger partial charge in [-0.15, -0.1) is 0 Å². The van der Waals surface area contributed by atoms with Gasteiger partial charge in [-0.05, 0) is 30.7 Å². The molecule has 0 heterocycles. The average Bonchev–Trinajstić information content (AvgIpc) is 2.43. The number of hydrogen-bond donors (Lipinski definition) is 2. The third-order valence-electron chi connectivity index (χ3n) is 3.08. The van der Waals surface area contributed by atoms with E-state index in [0.29, 0.717) is 11.4 Å². The highest BCUT2D eigenvalue weighted by molar-refractivity contribution is 5.93. The van der Waals surface area contributed by atoms with Gasteiger partial charge in [-0.1, -0.05) is 24.3 Å². The Labute approximate surface area is 118 Å². The van der Waals surface area contributed by atoms with E-state index in [1.807, 2.05) is 43.3 Å². The summed E-state index contributed by atoms with van der Waals surface area (Å²) in [7, 11) is 1.60. The fourth-order valence-electron chi connectivity index (χ4n) is 1.99. The van der Waals surface area contributed by atoms with E-state index in [2.05, 4.69) is 5.32 Å². The molecule has 2 aromatic carbocycles. The van der Waals surface area contributed by atoms with Crippen LogP contribution in [-0.2, 0) is 11.2 Å². The highest BCUT2D eigenvalue weighted by atomic mass is 16.5. The summed E-state index contributed by atoms with van der Waals surface area (Å²) in [4.78, 5) is 12.1. The highest BCUT2D eigenvalue weighted by Crippen LogP contribution is 2.21. The van der Waals surface area contributed by atoms with E-state index in [-0.39, 0.29) is 12.3 Å². The van der Waals surface area contributed by atoms with Gasteiger partial charge in [-0.2, -0.15) is 0 Å². The second-order valence-corrected chi connectivity index (χ2v) is 4.61. The molecule has 0 aliphatic carbocycles. The van der Waals surface area contributed by atoms with Crippen LogP contribution in [0.1, 0.15) is 11.1 Å². The van der Waals surface area contributed by atoms with Gasteiger partial charge >= 0.3 is 0 Å². The number of carbonyl (C=O) groups is 1. The standard InChI is InChI=1S/C16H18N2O2/c1-11-7-8-13(17)10-14(11)18-16(19)9-12-5-3-4-6-15(12)20-2/h3-8,10H,9,17H2,1-2H3,(H,18,19). The molecule has 0 aliphatic heterocycles. The summed E-state index contributed by atoms with van der Waals surface area (Å²) < 4.78 is 5.24. The summed E-state index contributed by atoms with van der Waals surface area (Å²) in [6.07, 6.45) is 0.262. The molecule has 0 aromatic heterocycles. The van der Waals surface area contributed by atoms with Gasteiger partial charge in [0.2, 0.25) is 5.91 Å². The molecule has 0 bridgehead atoms. The Morgan fingerprint density at radius 1 is 1.25 bits per heavy atom. The quantitative estimate of drug-likeness (QED) is 0.840. The number of nitrogens with two attached hydrogens (primary N) is 1. The summed E-state index contributed by atoms with van der Waals surface area (Å²) in [5.74, 6) is 0.621. The molecule has 0 fully saturated rings. The molecule has 0 saturated heterocycles. The van der Waals surface area contributed by atoms with Gasteiger partial charge in [0, 0.05) is 16.9 Å². The number of methoxy groups -OCH3 is 1. The minimum Gasteiger partial charge on any atom is -0.496 e. The first-order valence-electron chi connectivity index (χ1n) is 6.38. The Bertz CT molecular complexity index is 624. The lowest BCUT2D eigenvalue weighted by molar-refractivity contribution is -0.115. The molecule has 3 N–H and O–H groups in total. The maximum Gasteiger partial charge on any atom is 0.228 e. The van der Waals surface area contributed by atoms with Crippen molar-refractivity contribution in [3.05, 3.63) is 53.6 Å². The molecular weight excluding hydrogens is 252 g/mol. The first kappa shape index (κ1) is 13.9. The molecule has 0 unspecified atom stereocenters. The van der Waals surface area contributed by atoms with Crippen molar-refractivity contribution in [2.45, 2.75) is 13.3 Å². The molecule has 2 aromatic rings. The van der Waals surface area contributed by atoms with Crippen LogP contribution in [0.2, 0.25) is 0 Å². The fourth-order valence-corrected chi connectivity index (χ4v) is 1.99. The fraction of sp³-hybridized carbons (Fsp3) is 0.188. The van der Waals surface area contributed by atoms with Gasteiger partial charge < -0.3 is 15.8 Å². The summed E-state index contributed by atoms with van der Waals surface area (Å²) in [6, 6.07) is 12.9. The first-order valence-corrected chi connectivity index (χ1v) is 6.38. The number of nitrogens with one attached hydrogen (secondary N) is 1. The molecule has 2 rings (SSSR count). The van der Waals surface area contributed by atoms with Crippen molar-refractivity contribution < 1.29 is 9.53 Å². The predicted octanol–water partition coefficient (Wildman–Crippen LogP) is 2.77. The van der Waals surface area contributed by atoms with E-state index in [1.165, 1.54) is 0 Å². The lowest BCUT2D eigenvalue weighted by atomic mass is 10.1. The third kappa shape index (κ3) is 3.29. The Kier molecular flexibility index (Phi) is 4.25. The van der Waals surface area contributed by atoms with E-state index in [4.69, 9.17) is 10.5 Å². The minimum absolute atomic E-state index is 0.0943. The van der Waals surface area contributed by atoms with Crippen molar-refractivity contribution in [1.82, 2.24) is 0 Å². The number of nitrogen functional groups attached to an aromatic ring is 1. The van der Waals surface area contributed by atoms with Crippen molar-refractivity contribution in [2.24, 2.45) is 0 Å². The van der Waals surface area contributed by atoms with Crippen LogP contribution < -0.4 is 15.8 Å². The zero-order chi connectivity index (χ0) is 14.5. The third-order valence-corrected chi connectivity index (χ3v) is 3.08. The van der Waals surface area contributed by atoms with Gasteiger partial charge in [0.25, 0.3) is 0 Å². The minimum atomic E-state index is -0.0943. The zero-order valence-corrected chi connectivity index (χ0v) is 11.6. The van der Waals surface area contributed by atoms with Gasteiger partial charge in [-0.3, -0.25) is 4.79 Å². The van der Waals surface area contributed by atoms with Crippen molar-refractivity contribution in [3.63, 3.8) is 0 Å². The van der Waals surface area contributed by atoms with Crippen LogP contribution in [0.4, 0.5) is 11.4 Å². The van der Waals surface area contributed by atoms with Crippen LogP contribution >= 0.6 is 0 Å². The number of carbonyl (C=O) groups excluding carboxylic acids is 1. The monoisotopic (exact) mass is 270 g/mol. The summed E-state index contributed by atoms with van der Waals surface area (Å²) in [5, 5.41) is 2.88. The Hall–Kier alpha value is -2.49. The predicted molar refractivity (Wildman–Crippen MR) is 80.9 cm³/mol. The number of benzene rings is 2. The molecular formula is C16H18N2O2. The molecule has 20 heavy (non-hydrogen) atoms. The van der Waals surface area contributed by atoms with Gasteiger partial charge in [0.05, 0.1) is 13.5 Å². The maximum absolute atomic E-state index is 12.1. The Morgan fingerprint density at radius 2 is 2.00 bits per heavy atom. The van der Waals surface area contributed by atoms with Crippen molar-refractivity contribution in [3.8, 4) is 5.75 Å². The number of ether oxygens (including phenoxy) is 1. The van der Waals surface area contributed by atoms with E-state index >= 15 is 0 Å². The number of hydrogen-bond acceptors (Lipinski definition) is 3. The van der Waals surface area contributed by atoms with Crippen molar-refractivity contribution in [2.75, 3.05) is 18.2 Å². The van der Waals surface area contributed by atoms with Crippen molar-refractivity contribution in [1.29, 1.82) is 0 Å². The topological polar surface area (TPSA) is 64.3 Å². The highest BCUT2D eigenvalue weighted by Gasteiger charge is 2.09. The summed E-state index contributed by atoms with van der Waals surface area (Å²) in [6.45, 7) is 1.93. The number of anilines is 2. The average molecular weight is 270 g/mol. The number of rotatable bonds is 4.